The highest BCUT2D eigenvalue weighted by molar-refractivity contribution is 6.37. The molecule has 118 valence electrons. The van der Waals surface area contributed by atoms with Gasteiger partial charge in [0.05, 0.1) is 10.0 Å². The van der Waals surface area contributed by atoms with Crippen LogP contribution in [0.4, 0.5) is 0 Å². The monoisotopic (exact) mass is 331 g/mol. The molecular formula is C16H23Cl2NO2. The van der Waals surface area contributed by atoms with E-state index in [1.165, 1.54) is 38.5 Å². The number of aliphatic hydroxyl groups excluding tert-OH is 1. The van der Waals surface area contributed by atoms with Crippen molar-refractivity contribution in [3.8, 4) is 5.75 Å². The van der Waals surface area contributed by atoms with Crippen LogP contribution in [0.5, 0.6) is 5.75 Å². The molecule has 1 fully saturated rings. The molecule has 0 heterocycles. The lowest BCUT2D eigenvalue weighted by molar-refractivity contribution is 0.103. The van der Waals surface area contributed by atoms with E-state index >= 15 is 0 Å². The van der Waals surface area contributed by atoms with Crippen LogP contribution >= 0.6 is 23.2 Å². The van der Waals surface area contributed by atoms with Gasteiger partial charge in [-0.05, 0) is 25.0 Å². The zero-order valence-electron chi connectivity index (χ0n) is 12.2. The van der Waals surface area contributed by atoms with Crippen LogP contribution < -0.4 is 10.1 Å². The van der Waals surface area contributed by atoms with Gasteiger partial charge in [-0.1, -0.05) is 55.0 Å². The molecule has 3 nitrogen and oxygen atoms in total. The molecule has 2 N–H and O–H groups in total. The fourth-order valence-corrected chi connectivity index (χ4v) is 3.15. The summed E-state index contributed by atoms with van der Waals surface area (Å²) in [5, 5.41) is 14.4. The molecule has 0 aliphatic heterocycles. The highest BCUT2D eigenvalue weighted by atomic mass is 35.5. The molecule has 1 saturated carbocycles. The second kappa shape index (κ2) is 8.84. The van der Waals surface area contributed by atoms with Crippen LogP contribution in [0.3, 0.4) is 0 Å². The predicted molar refractivity (Wildman–Crippen MR) is 87.5 cm³/mol. The lowest BCUT2D eigenvalue weighted by Crippen LogP contribution is -2.37. The first kappa shape index (κ1) is 16.9. The fraction of sp³-hybridized carbons (Fsp3) is 0.625. The van der Waals surface area contributed by atoms with Gasteiger partial charge in [0.2, 0.25) is 0 Å². The number of rotatable bonds is 6. The van der Waals surface area contributed by atoms with Crippen molar-refractivity contribution in [1.82, 2.24) is 5.32 Å². The lowest BCUT2D eigenvalue weighted by Gasteiger charge is -2.19. The fourth-order valence-electron chi connectivity index (χ4n) is 2.65. The van der Waals surface area contributed by atoms with Gasteiger partial charge >= 0.3 is 0 Å². The van der Waals surface area contributed by atoms with E-state index in [0.717, 1.165) is 0 Å². The minimum absolute atomic E-state index is 0.184. The largest absolute Gasteiger partial charge is 0.488 e. The number of nitrogens with one attached hydrogen (secondary N) is 1. The summed E-state index contributed by atoms with van der Waals surface area (Å²) in [6, 6.07) is 5.73. The number of hydrogen-bond donors (Lipinski definition) is 2. The second-order valence-electron chi connectivity index (χ2n) is 5.61. The number of benzene rings is 1. The molecule has 1 aromatic carbocycles. The SMILES string of the molecule is OC(CNC1CCCCCC1)COc1c(Cl)cccc1Cl. The molecule has 1 unspecified atom stereocenters. The van der Waals surface area contributed by atoms with Crippen LogP contribution in [0.15, 0.2) is 18.2 Å². The lowest BCUT2D eigenvalue weighted by atomic mass is 10.1. The Bertz CT molecular complexity index is 414. The van der Waals surface area contributed by atoms with Gasteiger partial charge in [0.1, 0.15) is 12.7 Å². The average Bonchev–Trinajstić information content (AvgIpc) is 2.73. The Hall–Kier alpha value is -0.480. The topological polar surface area (TPSA) is 41.5 Å². The van der Waals surface area contributed by atoms with Crippen molar-refractivity contribution in [1.29, 1.82) is 0 Å². The third-order valence-corrected chi connectivity index (χ3v) is 4.43. The molecule has 2 rings (SSSR count). The van der Waals surface area contributed by atoms with Crippen LogP contribution in [-0.2, 0) is 0 Å². The molecular weight excluding hydrogens is 309 g/mol. The van der Waals surface area contributed by atoms with E-state index in [1.807, 2.05) is 0 Å². The molecule has 1 aliphatic rings. The van der Waals surface area contributed by atoms with Gasteiger partial charge in [0.15, 0.2) is 5.75 Å². The maximum Gasteiger partial charge on any atom is 0.156 e. The summed E-state index contributed by atoms with van der Waals surface area (Å²) in [5.74, 6) is 0.439. The van der Waals surface area contributed by atoms with E-state index in [1.54, 1.807) is 18.2 Å². The number of para-hydroxylation sites is 1. The molecule has 1 atom stereocenters. The Morgan fingerprint density at radius 3 is 2.38 bits per heavy atom. The van der Waals surface area contributed by atoms with Crippen LogP contribution in [0.25, 0.3) is 0 Å². The third kappa shape index (κ3) is 5.67. The first-order valence-electron chi connectivity index (χ1n) is 7.65. The van der Waals surface area contributed by atoms with Gasteiger partial charge in [-0.25, -0.2) is 0 Å². The second-order valence-corrected chi connectivity index (χ2v) is 6.43. The quantitative estimate of drug-likeness (QED) is 0.773. The Labute approximate surface area is 136 Å². The Kier molecular flexibility index (Phi) is 7.11. The molecule has 0 radical (unpaired) electrons. The van der Waals surface area contributed by atoms with Crippen LogP contribution in [0, 0.1) is 0 Å². The van der Waals surface area contributed by atoms with Crippen molar-refractivity contribution in [2.24, 2.45) is 0 Å². The van der Waals surface area contributed by atoms with Crippen molar-refractivity contribution in [2.45, 2.75) is 50.7 Å². The van der Waals surface area contributed by atoms with E-state index in [9.17, 15) is 5.11 Å². The number of aliphatic hydroxyl groups is 1. The van der Waals surface area contributed by atoms with Crippen molar-refractivity contribution >= 4 is 23.2 Å². The molecule has 0 amide bonds. The summed E-state index contributed by atoms with van der Waals surface area (Å²) in [6.45, 7) is 0.718. The number of halogens is 2. The van der Waals surface area contributed by atoms with Crippen molar-refractivity contribution in [2.75, 3.05) is 13.2 Å². The molecule has 0 spiro atoms. The number of hydrogen-bond acceptors (Lipinski definition) is 3. The summed E-state index contributed by atoms with van der Waals surface area (Å²) in [6.07, 6.45) is 7.04. The summed E-state index contributed by atoms with van der Waals surface area (Å²) in [5.41, 5.74) is 0. The number of ether oxygens (including phenoxy) is 1. The van der Waals surface area contributed by atoms with Crippen LogP contribution in [-0.4, -0.2) is 30.4 Å². The molecule has 1 aromatic rings. The molecule has 21 heavy (non-hydrogen) atoms. The molecule has 0 saturated heterocycles. The molecule has 0 bridgehead atoms. The Morgan fingerprint density at radius 1 is 1.14 bits per heavy atom. The van der Waals surface area contributed by atoms with Crippen molar-refractivity contribution in [3.63, 3.8) is 0 Å². The molecule has 5 heteroatoms. The van der Waals surface area contributed by atoms with Crippen molar-refractivity contribution in [3.05, 3.63) is 28.2 Å². The maximum absolute atomic E-state index is 10.0. The minimum atomic E-state index is -0.569. The zero-order valence-corrected chi connectivity index (χ0v) is 13.7. The van der Waals surface area contributed by atoms with Crippen molar-refractivity contribution < 1.29 is 9.84 Å². The van der Waals surface area contributed by atoms with Crippen LogP contribution in [0.1, 0.15) is 38.5 Å². The van der Waals surface area contributed by atoms with Gasteiger partial charge in [0, 0.05) is 12.6 Å². The highest BCUT2D eigenvalue weighted by Gasteiger charge is 2.14. The van der Waals surface area contributed by atoms with Gasteiger partial charge in [0.25, 0.3) is 0 Å². The third-order valence-electron chi connectivity index (χ3n) is 3.84. The van der Waals surface area contributed by atoms with E-state index < -0.39 is 6.10 Å². The van der Waals surface area contributed by atoms with Gasteiger partial charge in [-0.15, -0.1) is 0 Å². The van der Waals surface area contributed by atoms with Crippen LogP contribution in [0.2, 0.25) is 10.0 Å². The predicted octanol–water partition coefficient (Wildman–Crippen LogP) is 4.05. The zero-order chi connectivity index (χ0) is 15.1. The van der Waals surface area contributed by atoms with E-state index in [4.69, 9.17) is 27.9 Å². The summed E-state index contributed by atoms with van der Waals surface area (Å²) in [4.78, 5) is 0. The Balaban J connectivity index is 1.73. The first-order valence-corrected chi connectivity index (χ1v) is 8.40. The first-order chi connectivity index (χ1) is 10.2. The molecule has 1 aliphatic carbocycles. The minimum Gasteiger partial charge on any atom is -0.488 e. The summed E-state index contributed by atoms with van der Waals surface area (Å²) >= 11 is 12.0. The van der Waals surface area contributed by atoms with Gasteiger partial charge < -0.3 is 15.2 Å². The Morgan fingerprint density at radius 2 is 1.76 bits per heavy atom. The normalized spacial score (nSPS) is 18.2. The standard InChI is InChI=1S/C16H23Cl2NO2/c17-14-8-5-9-15(18)16(14)21-11-13(20)10-19-12-6-3-1-2-4-7-12/h5,8-9,12-13,19-20H,1-4,6-7,10-11H2. The van der Waals surface area contributed by atoms with E-state index in [-0.39, 0.29) is 6.61 Å². The van der Waals surface area contributed by atoms with E-state index in [0.29, 0.717) is 28.4 Å². The highest BCUT2D eigenvalue weighted by Crippen LogP contribution is 2.32. The smallest absolute Gasteiger partial charge is 0.156 e. The molecule has 0 aromatic heterocycles. The average molecular weight is 332 g/mol. The van der Waals surface area contributed by atoms with Gasteiger partial charge in [-0.3, -0.25) is 0 Å². The summed E-state index contributed by atoms with van der Waals surface area (Å²) in [7, 11) is 0. The maximum atomic E-state index is 10.0. The summed E-state index contributed by atoms with van der Waals surface area (Å²) < 4.78 is 5.54. The van der Waals surface area contributed by atoms with E-state index in [2.05, 4.69) is 5.32 Å². The van der Waals surface area contributed by atoms with Gasteiger partial charge in [-0.2, -0.15) is 0 Å².